The van der Waals surface area contributed by atoms with Crippen LogP contribution < -0.4 is 0 Å². The van der Waals surface area contributed by atoms with E-state index in [0.29, 0.717) is 11.7 Å². The van der Waals surface area contributed by atoms with E-state index in [4.69, 9.17) is 4.42 Å². The van der Waals surface area contributed by atoms with E-state index in [9.17, 15) is 10.2 Å². The van der Waals surface area contributed by atoms with Crippen LogP contribution in [0.3, 0.4) is 0 Å². The molecule has 0 spiro atoms. The zero-order valence-electron chi connectivity index (χ0n) is 15.8. The van der Waals surface area contributed by atoms with Crippen LogP contribution in [-0.4, -0.2) is 27.4 Å². The molecule has 3 aromatic rings. The van der Waals surface area contributed by atoms with Crippen LogP contribution in [-0.2, 0) is 20.1 Å². The third kappa shape index (κ3) is 4.72. The Balaban J connectivity index is 0.000000159. The number of aromatic nitrogens is 1. The van der Waals surface area contributed by atoms with Crippen LogP contribution in [0.15, 0.2) is 53.1 Å². The summed E-state index contributed by atoms with van der Waals surface area (Å²) < 4.78 is 5.64. The minimum absolute atomic E-state index is 0. The maximum Gasteiger partial charge on any atom is 0.0595 e. The Morgan fingerprint density at radius 3 is 2.43 bits per heavy atom. The van der Waals surface area contributed by atoms with E-state index < -0.39 is 0 Å². The first-order chi connectivity index (χ1) is 13.2. The average Bonchev–Trinajstić information content (AvgIpc) is 3.24. The predicted octanol–water partition coefficient (Wildman–Crippen LogP) is 4.60. The Morgan fingerprint density at radius 2 is 1.64 bits per heavy atom. The fraction of sp³-hybridized carbons (Fsp3) is 0.435. The number of benzene rings is 1. The fourth-order valence-electron chi connectivity index (χ4n) is 4.47. The molecule has 0 saturated heterocycles. The first-order valence-electron chi connectivity index (χ1n) is 9.91. The van der Waals surface area contributed by atoms with Crippen LogP contribution in [0.1, 0.15) is 38.5 Å². The Hall–Kier alpha value is -1.52. The van der Waals surface area contributed by atoms with Gasteiger partial charge in [0, 0.05) is 43.5 Å². The van der Waals surface area contributed by atoms with Gasteiger partial charge < -0.3 is 19.6 Å². The van der Waals surface area contributed by atoms with Gasteiger partial charge in [-0.05, 0) is 37.7 Å². The van der Waals surface area contributed by atoms with Crippen LogP contribution in [0.5, 0.6) is 0 Å². The molecule has 28 heavy (non-hydrogen) atoms. The number of furan rings is 1. The molecule has 2 saturated carbocycles. The van der Waals surface area contributed by atoms with Gasteiger partial charge in [0.05, 0.1) is 18.0 Å². The minimum atomic E-state index is -0.227. The topological polar surface area (TPSA) is 66.5 Å². The van der Waals surface area contributed by atoms with E-state index in [1.807, 2.05) is 42.5 Å². The number of aliphatic hydroxyl groups is 2. The second-order valence-electron chi connectivity index (χ2n) is 7.60. The summed E-state index contributed by atoms with van der Waals surface area (Å²) >= 11 is 0. The van der Waals surface area contributed by atoms with Crippen molar-refractivity contribution in [2.75, 3.05) is 0 Å². The number of para-hydroxylation sites is 1. The molecule has 4 nitrogen and oxygen atoms in total. The molecule has 1 radical (unpaired) electrons. The zero-order valence-corrected chi connectivity index (χ0v) is 18.1. The normalized spacial score (nSPS) is 26.5. The molecule has 1 aromatic carbocycles. The summed E-state index contributed by atoms with van der Waals surface area (Å²) in [5.41, 5.74) is 1.66. The Morgan fingerprint density at radius 1 is 0.893 bits per heavy atom. The molecule has 2 heterocycles. The zero-order chi connectivity index (χ0) is 18.6. The molecule has 0 bridgehead atoms. The second kappa shape index (κ2) is 9.80. The number of aliphatic hydroxyl groups excluding tert-OH is 2. The molecule has 2 fully saturated rings. The van der Waals surface area contributed by atoms with Gasteiger partial charge in [-0.15, -0.1) is 17.5 Å². The molecule has 151 valence electrons. The summed E-state index contributed by atoms with van der Waals surface area (Å²) in [6, 6.07) is 16.7. The maximum atomic E-state index is 9.77. The van der Waals surface area contributed by atoms with Crippen molar-refractivity contribution in [2.24, 2.45) is 11.8 Å². The van der Waals surface area contributed by atoms with Crippen molar-refractivity contribution in [2.45, 2.75) is 50.7 Å². The minimum Gasteiger partial charge on any atom is -0.518 e. The summed E-state index contributed by atoms with van der Waals surface area (Å²) in [6.07, 6.45) is 7.84. The Bertz CT molecular complexity index is 833. The summed E-state index contributed by atoms with van der Waals surface area (Å²) in [6.45, 7) is 0. The monoisotopic (exact) mass is 557 g/mol. The smallest absolute Gasteiger partial charge is 0.0595 e. The van der Waals surface area contributed by atoms with Gasteiger partial charge in [0.1, 0.15) is 0 Å². The second-order valence-corrected chi connectivity index (χ2v) is 7.60. The number of hydrogen-bond acceptors (Lipinski definition) is 4. The average molecular weight is 557 g/mol. The van der Waals surface area contributed by atoms with Crippen molar-refractivity contribution in [3.63, 3.8) is 0 Å². The van der Waals surface area contributed by atoms with Gasteiger partial charge in [0.25, 0.3) is 0 Å². The van der Waals surface area contributed by atoms with Gasteiger partial charge in [-0.3, -0.25) is 0 Å². The van der Waals surface area contributed by atoms with Crippen molar-refractivity contribution in [1.29, 1.82) is 0 Å². The summed E-state index contributed by atoms with van der Waals surface area (Å²) in [5.74, 6) is 1.50. The quantitative estimate of drug-likeness (QED) is 0.430. The number of rotatable bonds is 1. The van der Waals surface area contributed by atoms with Crippen LogP contribution in [0.4, 0.5) is 0 Å². The van der Waals surface area contributed by atoms with Crippen LogP contribution >= 0.6 is 0 Å². The molecule has 0 amide bonds. The van der Waals surface area contributed by atoms with Gasteiger partial charge in [-0.2, -0.15) is 0 Å². The van der Waals surface area contributed by atoms with E-state index in [0.717, 1.165) is 42.3 Å². The molecule has 2 aliphatic carbocycles. The largest absolute Gasteiger partial charge is 0.518 e. The standard InChI is InChI=1S/C13H8NO.C10H18O2.Ir/c1-2-7-12-10(5-1)9-13(15-12)11-6-3-4-8-14-11;11-8-4-2-1-3-7-5-6-9(12)10(7)8;/h1-8H;7-12H,1-6H2;/q-1;;. The number of pyridine rings is 1. The van der Waals surface area contributed by atoms with Crippen LogP contribution in [0, 0.1) is 17.9 Å². The Kier molecular flexibility index (Phi) is 7.42. The first kappa shape index (κ1) is 21.2. The van der Waals surface area contributed by atoms with Crippen LogP contribution in [0.2, 0.25) is 0 Å². The molecule has 2 aromatic heterocycles. The third-order valence-electron chi connectivity index (χ3n) is 5.84. The molecular weight excluding hydrogens is 530 g/mol. The molecule has 2 N–H and O–H groups in total. The van der Waals surface area contributed by atoms with Crippen molar-refractivity contribution in [3.05, 3.63) is 54.7 Å². The first-order valence-corrected chi connectivity index (χ1v) is 9.91. The van der Waals surface area contributed by atoms with E-state index >= 15 is 0 Å². The third-order valence-corrected chi connectivity index (χ3v) is 5.84. The van der Waals surface area contributed by atoms with Crippen molar-refractivity contribution in [3.8, 4) is 11.5 Å². The van der Waals surface area contributed by atoms with Crippen molar-refractivity contribution < 1.29 is 34.7 Å². The molecule has 0 aliphatic heterocycles. The van der Waals surface area contributed by atoms with Gasteiger partial charge in [-0.25, -0.2) is 0 Å². The maximum absolute atomic E-state index is 9.77. The van der Waals surface area contributed by atoms with Gasteiger partial charge in [0.2, 0.25) is 0 Å². The molecular formula is C23H26IrNO3-. The summed E-state index contributed by atoms with van der Waals surface area (Å²) in [5, 5.41) is 20.4. The predicted molar refractivity (Wildman–Crippen MR) is 105 cm³/mol. The van der Waals surface area contributed by atoms with Crippen molar-refractivity contribution >= 4 is 11.0 Å². The number of nitrogens with zero attached hydrogens (tertiary/aromatic N) is 1. The van der Waals surface area contributed by atoms with Crippen molar-refractivity contribution in [1.82, 2.24) is 4.98 Å². The molecule has 4 atom stereocenters. The number of fused-ring (bicyclic) bond motifs is 2. The summed E-state index contributed by atoms with van der Waals surface area (Å²) in [7, 11) is 0. The fourth-order valence-corrected chi connectivity index (χ4v) is 4.47. The number of hydrogen-bond donors (Lipinski definition) is 2. The SMILES string of the molecule is OC1CCCCC2CCC(O)C12.[Ir].[c-]1c(-c2ccccn2)oc2ccccc12. The molecule has 4 unspecified atom stereocenters. The van der Waals surface area contributed by atoms with Gasteiger partial charge >= 0.3 is 0 Å². The molecule has 2 aliphatic rings. The summed E-state index contributed by atoms with van der Waals surface area (Å²) in [4.78, 5) is 4.22. The van der Waals surface area contributed by atoms with E-state index in [2.05, 4.69) is 11.1 Å². The van der Waals surface area contributed by atoms with E-state index in [1.165, 1.54) is 12.8 Å². The van der Waals surface area contributed by atoms with E-state index in [-0.39, 0.29) is 38.2 Å². The molecule has 5 heteroatoms. The van der Waals surface area contributed by atoms with E-state index in [1.54, 1.807) is 6.20 Å². The Labute approximate surface area is 179 Å². The van der Waals surface area contributed by atoms with Gasteiger partial charge in [0.15, 0.2) is 0 Å². The van der Waals surface area contributed by atoms with Gasteiger partial charge in [-0.1, -0.05) is 43.2 Å². The van der Waals surface area contributed by atoms with Crippen LogP contribution in [0.25, 0.3) is 22.4 Å². The molecule has 5 rings (SSSR count).